The second-order valence-corrected chi connectivity index (χ2v) is 6.78. The van der Waals surface area contributed by atoms with Gasteiger partial charge in [-0.1, -0.05) is 19.8 Å². The van der Waals surface area contributed by atoms with Crippen molar-refractivity contribution in [3.8, 4) is 0 Å². The van der Waals surface area contributed by atoms with Crippen LogP contribution in [0.25, 0.3) is 0 Å². The highest BCUT2D eigenvalue weighted by Gasteiger charge is 1.98. The lowest BCUT2D eigenvalue weighted by molar-refractivity contribution is -0.140. The molecule has 0 atom stereocenters. The molecule has 0 bridgehead atoms. The summed E-state index contributed by atoms with van der Waals surface area (Å²) in [6, 6.07) is 0. The van der Waals surface area contributed by atoms with Gasteiger partial charge in [-0.05, 0) is 58.3 Å². The van der Waals surface area contributed by atoms with E-state index < -0.39 is 0 Å². The summed E-state index contributed by atoms with van der Waals surface area (Å²) >= 11 is 0. The highest BCUT2D eigenvalue weighted by Crippen LogP contribution is 1.95. The maximum atomic E-state index is 10.9. The third kappa shape index (κ3) is 23.3. The maximum Gasteiger partial charge on any atom is 0.305 e. The van der Waals surface area contributed by atoms with Gasteiger partial charge in [-0.15, -0.1) is 0 Å². The predicted molar refractivity (Wildman–Crippen MR) is 113 cm³/mol. The van der Waals surface area contributed by atoms with Crippen molar-refractivity contribution in [3.63, 3.8) is 0 Å². The maximum absolute atomic E-state index is 10.9. The molecule has 0 saturated carbocycles. The zero-order chi connectivity index (χ0) is 20.5. The summed E-state index contributed by atoms with van der Waals surface area (Å²) in [7, 11) is 1.43. The van der Waals surface area contributed by atoms with Crippen LogP contribution in [-0.4, -0.2) is 78.9 Å². The van der Waals surface area contributed by atoms with Gasteiger partial charge in [0.05, 0.1) is 33.5 Å². The van der Waals surface area contributed by atoms with E-state index in [1.54, 1.807) is 0 Å². The molecule has 0 aromatic rings. The minimum Gasteiger partial charge on any atom is -0.469 e. The molecule has 0 aromatic heterocycles. The molecule has 0 heterocycles. The average Bonchev–Trinajstić information content (AvgIpc) is 2.71. The van der Waals surface area contributed by atoms with Crippen molar-refractivity contribution in [3.05, 3.63) is 0 Å². The first kappa shape index (κ1) is 27.3. The Morgan fingerprint density at radius 3 is 1.61 bits per heavy atom. The molecule has 2 N–H and O–H groups in total. The summed E-state index contributed by atoms with van der Waals surface area (Å²) in [6.45, 7) is 10.3. The topological polar surface area (TPSA) is 78.0 Å². The van der Waals surface area contributed by atoms with E-state index in [9.17, 15) is 4.79 Å². The van der Waals surface area contributed by atoms with E-state index in [0.717, 1.165) is 65.1 Å². The average molecular weight is 405 g/mol. The number of nitrogens with one attached hydrogen (secondary N) is 2. The Kier molecular flexibility index (Phi) is 23.7. The van der Waals surface area contributed by atoms with E-state index in [1.807, 2.05) is 0 Å². The van der Waals surface area contributed by atoms with Crippen molar-refractivity contribution >= 4 is 5.97 Å². The molecule has 28 heavy (non-hydrogen) atoms. The van der Waals surface area contributed by atoms with Gasteiger partial charge in [0.2, 0.25) is 0 Å². The van der Waals surface area contributed by atoms with Crippen molar-refractivity contribution < 1.29 is 23.7 Å². The fourth-order valence-corrected chi connectivity index (χ4v) is 2.51. The summed E-state index contributed by atoms with van der Waals surface area (Å²) in [6.07, 6.45) is 8.23. The molecule has 7 nitrogen and oxygen atoms in total. The Morgan fingerprint density at radius 2 is 1.11 bits per heavy atom. The first-order valence-electron chi connectivity index (χ1n) is 11.0. The summed E-state index contributed by atoms with van der Waals surface area (Å²) in [4.78, 5) is 10.9. The number of unbranched alkanes of at least 4 members (excludes halogenated alkanes) is 3. The van der Waals surface area contributed by atoms with Gasteiger partial charge in [-0.25, -0.2) is 0 Å². The molecular weight excluding hydrogens is 360 g/mol. The third-order valence-electron chi connectivity index (χ3n) is 4.20. The molecular formula is C21H44N2O5. The monoisotopic (exact) mass is 404 g/mol. The molecule has 0 rings (SSSR count). The van der Waals surface area contributed by atoms with E-state index in [4.69, 9.17) is 14.2 Å². The van der Waals surface area contributed by atoms with Gasteiger partial charge in [0.15, 0.2) is 0 Å². The van der Waals surface area contributed by atoms with Crippen LogP contribution in [0.5, 0.6) is 0 Å². The van der Waals surface area contributed by atoms with Crippen molar-refractivity contribution in [2.24, 2.45) is 0 Å². The van der Waals surface area contributed by atoms with Crippen LogP contribution in [0, 0.1) is 0 Å². The molecule has 0 radical (unpaired) electrons. The van der Waals surface area contributed by atoms with Crippen LogP contribution in [0.4, 0.5) is 0 Å². The van der Waals surface area contributed by atoms with Crippen molar-refractivity contribution in [2.75, 3.05) is 72.9 Å². The normalized spacial score (nSPS) is 11.1. The molecule has 7 heteroatoms. The third-order valence-corrected chi connectivity index (χ3v) is 4.20. The number of ether oxygens (including phenoxy) is 4. The molecule has 168 valence electrons. The second-order valence-electron chi connectivity index (χ2n) is 6.78. The number of carbonyl (C=O) groups is 1. The Morgan fingerprint density at radius 1 is 0.643 bits per heavy atom. The Balaban J connectivity index is 3.00. The van der Waals surface area contributed by atoms with Gasteiger partial charge >= 0.3 is 5.97 Å². The number of hydrogen-bond acceptors (Lipinski definition) is 7. The van der Waals surface area contributed by atoms with Crippen LogP contribution < -0.4 is 10.6 Å². The number of rotatable bonds is 23. The number of carbonyl (C=O) groups excluding carboxylic acids is 1. The van der Waals surface area contributed by atoms with E-state index in [1.165, 1.54) is 26.4 Å². The Hall–Kier alpha value is -0.730. The molecule has 0 aliphatic rings. The van der Waals surface area contributed by atoms with Crippen LogP contribution >= 0.6 is 0 Å². The SMILES string of the molecule is CCCCCNCCCOCCOCCOCCCNCCCCC(=O)OC. The largest absolute Gasteiger partial charge is 0.469 e. The predicted octanol–water partition coefficient (Wildman–Crippen LogP) is 2.53. The van der Waals surface area contributed by atoms with Crippen LogP contribution in [0.1, 0.15) is 58.3 Å². The highest BCUT2D eigenvalue weighted by molar-refractivity contribution is 5.68. The van der Waals surface area contributed by atoms with Crippen molar-refractivity contribution in [1.82, 2.24) is 10.6 Å². The van der Waals surface area contributed by atoms with Crippen molar-refractivity contribution in [1.29, 1.82) is 0 Å². The summed E-state index contributed by atoms with van der Waals surface area (Å²) < 4.78 is 21.2. The Bertz CT molecular complexity index is 319. The molecule has 0 amide bonds. The van der Waals surface area contributed by atoms with Gasteiger partial charge in [0.25, 0.3) is 0 Å². The van der Waals surface area contributed by atoms with E-state index in [-0.39, 0.29) is 5.97 Å². The van der Waals surface area contributed by atoms with Gasteiger partial charge in [0, 0.05) is 19.6 Å². The van der Waals surface area contributed by atoms with Gasteiger partial charge in [-0.3, -0.25) is 4.79 Å². The van der Waals surface area contributed by atoms with E-state index in [2.05, 4.69) is 22.3 Å². The molecule has 0 aliphatic carbocycles. The first-order valence-corrected chi connectivity index (χ1v) is 11.0. The lowest BCUT2D eigenvalue weighted by Crippen LogP contribution is -2.19. The molecule has 0 unspecified atom stereocenters. The van der Waals surface area contributed by atoms with Crippen LogP contribution in [0.3, 0.4) is 0 Å². The van der Waals surface area contributed by atoms with Gasteiger partial charge < -0.3 is 29.6 Å². The number of esters is 1. The van der Waals surface area contributed by atoms with Gasteiger partial charge in [-0.2, -0.15) is 0 Å². The van der Waals surface area contributed by atoms with Crippen LogP contribution in [0.15, 0.2) is 0 Å². The quantitative estimate of drug-likeness (QED) is 0.200. The lowest BCUT2D eigenvalue weighted by atomic mass is 10.2. The fourth-order valence-electron chi connectivity index (χ4n) is 2.51. The zero-order valence-corrected chi connectivity index (χ0v) is 18.3. The van der Waals surface area contributed by atoms with E-state index >= 15 is 0 Å². The standard InChI is InChI=1S/C21H44N2O5/c1-3-4-6-11-22-13-8-15-26-17-19-28-20-18-27-16-9-14-23-12-7-5-10-21(24)25-2/h22-23H,3-20H2,1-2H3. The molecule has 0 spiro atoms. The fraction of sp³-hybridized carbons (Fsp3) is 0.952. The molecule has 0 saturated heterocycles. The summed E-state index contributed by atoms with van der Waals surface area (Å²) in [5, 5.41) is 6.77. The Labute approximate surface area is 172 Å². The van der Waals surface area contributed by atoms with Crippen LogP contribution in [-0.2, 0) is 23.7 Å². The van der Waals surface area contributed by atoms with Crippen molar-refractivity contribution in [2.45, 2.75) is 58.3 Å². The second kappa shape index (κ2) is 24.3. The van der Waals surface area contributed by atoms with Gasteiger partial charge in [0.1, 0.15) is 0 Å². The highest BCUT2D eigenvalue weighted by atomic mass is 16.5. The van der Waals surface area contributed by atoms with Crippen LogP contribution in [0.2, 0.25) is 0 Å². The first-order chi connectivity index (χ1) is 13.8. The molecule has 0 fully saturated rings. The minimum absolute atomic E-state index is 0.132. The summed E-state index contributed by atoms with van der Waals surface area (Å²) in [5.74, 6) is -0.132. The molecule has 0 aromatic carbocycles. The number of hydrogen-bond donors (Lipinski definition) is 2. The number of methoxy groups -OCH3 is 1. The smallest absolute Gasteiger partial charge is 0.305 e. The zero-order valence-electron chi connectivity index (χ0n) is 18.3. The minimum atomic E-state index is -0.132. The van der Waals surface area contributed by atoms with E-state index in [0.29, 0.717) is 32.8 Å². The molecule has 0 aliphatic heterocycles. The lowest BCUT2D eigenvalue weighted by Gasteiger charge is -2.08. The summed E-state index contributed by atoms with van der Waals surface area (Å²) in [5.41, 5.74) is 0.